The lowest BCUT2D eigenvalue weighted by atomic mass is 9.96. The van der Waals surface area contributed by atoms with Crippen molar-refractivity contribution in [1.82, 2.24) is 4.98 Å². The van der Waals surface area contributed by atoms with E-state index in [0.29, 0.717) is 16.8 Å². The number of aromatic nitrogens is 1. The van der Waals surface area contributed by atoms with Crippen LogP contribution in [0.1, 0.15) is 47.2 Å². The summed E-state index contributed by atoms with van der Waals surface area (Å²) in [6.07, 6.45) is 1.96. The number of hydrogen-bond donors (Lipinski definition) is 1. The van der Waals surface area contributed by atoms with Gasteiger partial charge in [-0.1, -0.05) is 42.6 Å². The van der Waals surface area contributed by atoms with Crippen LogP contribution >= 0.6 is 11.6 Å². The van der Waals surface area contributed by atoms with E-state index < -0.39 is 17.6 Å². The van der Waals surface area contributed by atoms with E-state index in [9.17, 15) is 18.0 Å². The first kappa shape index (κ1) is 24.1. The fraction of sp³-hybridized carbons (Fsp3) is 0.308. The van der Waals surface area contributed by atoms with Crippen LogP contribution in [0, 0.1) is 6.92 Å². The molecule has 4 rings (SSSR count). The van der Waals surface area contributed by atoms with E-state index in [1.54, 1.807) is 25.3 Å². The average molecular weight is 488 g/mol. The number of nitrogens with zero attached hydrogens (tertiary/aromatic N) is 2. The van der Waals surface area contributed by atoms with Crippen LogP contribution in [-0.4, -0.2) is 24.0 Å². The minimum absolute atomic E-state index is 0.186. The van der Waals surface area contributed by atoms with Gasteiger partial charge >= 0.3 is 6.18 Å². The van der Waals surface area contributed by atoms with Crippen LogP contribution in [0.15, 0.2) is 54.7 Å². The highest BCUT2D eigenvalue weighted by molar-refractivity contribution is 6.37. The summed E-state index contributed by atoms with van der Waals surface area (Å²) in [5, 5.41) is 3.00. The molecule has 0 atom stereocenters. The number of pyridine rings is 1. The summed E-state index contributed by atoms with van der Waals surface area (Å²) >= 11 is 6.58. The van der Waals surface area contributed by atoms with Gasteiger partial charge < -0.3 is 10.2 Å². The summed E-state index contributed by atoms with van der Waals surface area (Å²) < 4.78 is 38.8. The smallest absolute Gasteiger partial charge is 0.357 e. The van der Waals surface area contributed by atoms with Gasteiger partial charge in [0.15, 0.2) is 0 Å². The molecule has 1 fully saturated rings. The maximum Gasteiger partial charge on any atom is 0.416 e. The molecule has 0 bridgehead atoms. The number of carbonyl (C=O) groups excluding carboxylic acids is 1. The van der Waals surface area contributed by atoms with E-state index in [-0.39, 0.29) is 10.6 Å². The maximum atomic E-state index is 13.0. The number of rotatable bonds is 4. The molecule has 1 aromatic heterocycles. The second-order valence-electron chi connectivity index (χ2n) is 8.45. The fourth-order valence-corrected chi connectivity index (χ4v) is 4.58. The summed E-state index contributed by atoms with van der Waals surface area (Å²) in [6.45, 7) is 3.75. The molecule has 0 radical (unpaired) electrons. The molecule has 0 spiro atoms. The molecule has 34 heavy (non-hydrogen) atoms. The summed E-state index contributed by atoms with van der Waals surface area (Å²) in [5.74, 6) is 0.473. The Hall–Kier alpha value is -3.06. The third kappa shape index (κ3) is 5.36. The van der Waals surface area contributed by atoms with Gasteiger partial charge in [0, 0.05) is 18.7 Å². The highest BCUT2D eigenvalue weighted by Gasteiger charge is 2.30. The van der Waals surface area contributed by atoms with E-state index in [0.717, 1.165) is 49.4 Å². The number of halogens is 4. The molecule has 1 amide bonds. The van der Waals surface area contributed by atoms with Crippen LogP contribution in [0.2, 0.25) is 5.02 Å². The molecular formula is C26H25ClF3N3O. The van der Waals surface area contributed by atoms with Crippen LogP contribution in [0.3, 0.4) is 0 Å². The molecule has 1 N–H and O–H groups in total. The van der Waals surface area contributed by atoms with E-state index in [1.807, 2.05) is 12.1 Å². The second-order valence-corrected chi connectivity index (χ2v) is 8.83. The Morgan fingerprint density at radius 2 is 1.65 bits per heavy atom. The van der Waals surface area contributed by atoms with Crippen LogP contribution in [0.25, 0.3) is 11.1 Å². The second kappa shape index (κ2) is 10.1. The van der Waals surface area contributed by atoms with Crippen molar-refractivity contribution in [3.05, 3.63) is 76.4 Å². The Bertz CT molecular complexity index is 1150. The first-order valence-electron chi connectivity index (χ1n) is 11.2. The summed E-state index contributed by atoms with van der Waals surface area (Å²) in [4.78, 5) is 19.7. The lowest BCUT2D eigenvalue weighted by Gasteiger charge is -2.21. The molecule has 0 unspecified atom stereocenters. The molecule has 0 saturated carbocycles. The standard InChI is InChI=1S/C26H25ClF3N3O/c1-17-6-12-21(24(27)23(17)18-7-9-19(10-8-18)26(28,29)30)25(34)32-20-11-13-22(31-16-20)33-14-4-2-3-5-15-33/h6-13,16H,2-5,14-15H2,1H3,(H,32,34). The van der Waals surface area contributed by atoms with Gasteiger partial charge in [-0.2, -0.15) is 13.2 Å². The lowest BCUT2D eigenvalue weighted by molar-refractivity contribution is -0.137. The van der Waals surface area contributed by atoms with Crippen molar-refractivity contribution >= 4 is 29.0 Å². The Morgan fingerprint density at radius 1 is 0.971 bits per heavy atom. The van der Waals surface area contributed by atoms with Gasteiger partial charge in [-0.25, -0.2) is 4.98 Å². The first-order valence-corrected chi connectivity index (χ1v) is 11.6. The van der Waals surface area contributed by atoms with Crippen molar-refractivity contribution in [2.45, 2.75) is 38.8 Å². The number of hydrogen-bond acceptors (Lipinski definition) is 3. The van der Waals surface area contributed by atoms with Crippen LogP contribution in [0.4, 0.5) is 24.7 Å². The molecule has 3 aromatic rings. The van der Waals surface area contributed by atoms with Gasteiger partial charge in [-0.3, -0.25) is 4.79 Å². The molecule has 4 nitrogen and oxygen atoms in total. The highest BCUT2D eigenvalue weighted by Crippen LogP contribution is 2.36. The van der Waals surface area contributed by atoms with Gasteiger partial charge in [0.05, 0.1) is 28.0 Å². The topological polar surface area (TPSA) is 45.2 Å². The maximum absolute atomic E-state index is 13.0. The van der Waals surface area contributed by atoms with Crippen molar-refractivity contribution in [3.63, 3.8) is 0 Å². The van der Waals surface area contributed by atoms with Crippen LogP contribution in [0.5, 0.6) is 0 Å². The zero-order chi connectivity index (χ0) is 24.3. The van der Waals surface area contributed by atoms with Crippen molar-refractivity contribution in [2.75, 3.05) is 23.3 Å². The first-order chi connectivity index (χ1) is 16.2. The molecule has 1 aliphatic rings. The molecule has 178 valence electrons. The number of carbonyl (C=O) groups is 1. The largest absolute Gasteiger partial charge is 0.416 e. The molecule has 0 aliphatic carbocycles. The molecular weight excluding hydrogens is 463 g/mol. The summed E-state index contributed by atoms with van der Waals surface area (Å²) in [5.41, 5.74) is 1.82. The number of amides is 1. The number of alkyl halides is 3. The quantitative estimate of drug-likeness (QED) is 0.418. The predicted octanol–water partition coefficient (Wildman–Crippen LogP) is 7.36. The monoisotopic (exact) mass is 487 g/mol. The van der Waals surface area contributed by atoms with Crippen LogP contribution in [-0.2, 0) is 6.18 Å². The number of anilines is 2. The van der Waals surface area contributed by atoms with Crippen molar-refractivity contribution in [3.8, 4) is 11.1 Å². The van der Waals surface area contributed by atoms with E-state index in [1.165, 1.54) is 25.0 Å². The Morgan fingerprint density at radius 3 is 2.24 bits per heavy atom. The third-order valence-corrected chi connectivity index (χ3v) is 6.42. The van der Waals surface area contributed by atoms with Gasteiger partial charge in [-0.15, -0.1) is 0 Å². The number of aryl methyl sites for hydroxylation is 1. The number of benzene rings is 2. The van der Waals surface area contributed by atoms with E-state index >= 15 is 0 Å². The Balaban J connectivity index is 1.54. The normalized spacial score (nSPS) is 14.6. The van der Waals surface area contributed by atoms with E-state index in [2.05, 4.69) is 15.2 Å². The van der Waals surface area contributed by atoms with Crippen LogP contribution < -0.4 is 10.2 Å². The molecule has 1 saturated heterocycles. The molecule has 2 heterocycles. The zero-order valence-electron chi connectivity index (χ0n) is 18.8. The fourth-order valence-electron chi connectivity index (χ4n) is 4.17. The minimum atomic E-state index is -4.42. The zero-order valence-corrected chi connectivity index (χ0v) is 19.5. The predicted molar refractivity (Wildman–Crippen MR) is 129 cm³/mol. The molecule has 8 heteroatoms. The van der Waals surface area contributed by atoms with Gasteiger partial charge in [0.1, 0.15) is 5.82 Å². The Kier molecular flexibility index (Phi) is 7.12. The van der Waals surface area contributed by atoms with Crippen molar-refractivity contribution in [1.29, 1.82) is 0 Å². The summed E-state index contributed by atoms with van der Waals surface area (Å²) in [6, 6.07) is 11.8. The van der Waals surface area contributed by atoms with Crippen molar-refractivity contribution in [2.24, 2.45) is 0 Å². The molecule has 1 aliphatic heterocycles. The van der Waals surface area contributed by atoms with E-state index in [4.69, 9.17) is 11.6 Å². The van der Waals surface area contributed by atoms with Gasteiger partial charge in [0.2, 0.25) is 0 Å². The van der Waals surface area contributed by atoms with Crippen molar-refractivity contribution < 1.29 is 18.0 Å². The third-order valence-electron chi connectivity index (χ3n) is 6.03. The SMILES string of the molecule is Cc1ccc(C(=O)Nc2ccc(N3CCCCCC3)nc2)c(Cl)c1-c1ccc(C(F)(F)F)cc1. The van der Waals surface area contributed by atoms with Gasteiger partial charge in [-0.05, 0) is 61.2 Å². The number of nitrogens with one attached hydrogen (secondary N) is 1. The van der Waals surface area contributed by atoms with Gasteiger partial charge in [0.25, 0.3) is 5.91 Å². The summed E-state index contributed by atoms with van der Waals surface area (Å²) in [7, 11) is 0. The highest BCUT2D eigenvalue weighted by atomic mass is 35.5. The average Bonchev–Trinajstić information content (AvgIpc) is 3.09. The minimum Gasteiger partial charge on any atom is -0.357 e. The molecule has 2 aromatic carbocycles. The lowest BCUT2D eigenvalue weighted by Crippen LogP contribution is -2.24. The Labute approximate surface area is 201 Å².